The number of carbonyl (C=O) groups excluding carboxylic acids is 3. The van der Waals surface area contributed by atoms with Gasteiger partial charge in [-0.15, -0.1) is 0 Å². The van der Waals surface area contributed by atoms with Gasteiger partial charge in [-0.1, -0.05) is 67.6 Å². The van der Waals surface area contributed by atoms with Crippen LogP contribution in [0.25, 0.3) is 0 Å². The summed E-state index contributed by atoms with van der Waals surface area (Å²) < 4.78 is 0. The zero-order valence-corrected chi connectivity index (χ0v) is 14.9. The minimum Gasteiger partial charge on any atom is -0.299 e. The monoisotopic (exact) mass is 346 g/mol. The van der Waals surface area contributed by atoms with Gasteiger partial charge < -0.3 is 0 Å². The Bertz CT molecular complexity index is 856. The maximum Gasteiger partial charge on any atom is 0.167 e. The number of hydrogen-bond donors (Lipinski definition) is 0. The van der Waals surface area contributed by atoms with E-state index in [9.17, 15) is 14.4 Å². The van der Waals surface area contributed by atoms with Gasteiger partial charge in [-0.05, 0) is 18.3 Å². The maximum atomic E-state index is 13.4. The number of hydrogen-bond acceptors (Lipinski definition) is 3. The molecule has 4 atom stereocenters. The van der Waals surface area contributed by atoms with Crippen LogP contribution in [0, 0.1) is 23.2 Å². The van der Waals surface area contributed by atoms with Crippen LogP contribution in [0.1, 0.15) is 46.9 Å². The summed E-state index contributed by atoms with van der Waals surface area (Å²) in [7, 11) is 0. The van der Waals surface area contributed by atoms with Crippen LogP contribution in [-0.2, 0) is 4.79 Å². The highest BCUT2D eigenvalue weighted by Crippen LogP contribution is 2.56. The number of benzene rings is 2. The minimum absolute atomic E-state index is 0.000388. The molecule has 0 aromatic heterocycles. The first-order valence-corrected chi connectivity index (χ1v) is 9.22. The largest absolute Gasteiger partial charge is 0.299 e. The van der Waals surface area contributed by atoms with Crippen molar-refractivity contribution < 1.29 is 14.4 Å². The van der Waals surface area contributed by atoms with Gasteiger partial charge in [0.05, 0.1) is 0 Å². The average Bonchev–Trinajstić information content (AvgIpc) is 2.67. The van der Waals surface area contributed by atoms with E-state index in [2.05, 4.69) is 0 Å². The molecule has 3 nitrogen and oxygen atoms in total. The second-order valence-electron chi connectivity index (χ2n) is 7.91. The highest BCUT2D eigenvalue weighted by Gasteiger charge is 2.59. The SMILES string of the molecule is C[C@]12CC[C@@H](C(=O)C1)[C@H](C(=O)c1ccccc1)[C@H]2C(=O)c1ccccc1. The first-order valence-electron chi connectivity index (χ1n) is 9.22. The molecule has 2 aromatic carbocycles. The molecule has 0 N–H and O–H groups in total. The molecular weight excluding hydrogens is 324 g/mol. The number of carbonyl (C=O) groups is 3. The van der Waals surface area contributed by atoms with Crippen molar-refractivity contribution in [2.45, 2.75) is 26.2 Å². The van der Waals surface area contributed by atoms with Crippen LogP contribution >= 0.6 is 0 Å². The number of ketones is 3. The molecule has 0 radical (unpaired) electrons. The van der Waals surface area contributed by atoms with E-state index in [1.165, 1.54) is 0 Å². The lowest BCUT2D eigenvalue weighted by Gasteiger charge is -2.52. The molecule has 132 valence electrons. The van der Waals surface area contributed by atoms with E-state index in [1.807, 2.05) is 43.3 Å². The van der Waals surface area contributed by atoms with Crippen LogP contribution in [-0.4, -0.2) is 17.3 Å². The summed E-state index contributed by atoms with van der Waals surface area (Å²) in [6.45, 7) is 2.01. The summed E-state index contributed by atoms with van der Waals surface area (Å²) in [5.41, 5.74) is 0.783. The molecule has 3 aliphatic carbocycles. The quantitative estimate of drug-likeness (QED) is 0.772. The molecule has 3 aliphatic rings. The Morgan fingerprint density at radius 3 is 1.96 bits per heavy atom. The Morgan fingerprint density at radius 1 is 0.885 bits per heavy atom. The van der Waals surface area contributed by atoms with Crippen molar-refractivity contribution in [1.82, 2.24) is 0 Å². The first kappa shape index (κ1) is 16.9. The lowest BCUT2D eigenvalue weighted by atomic mass is 9.48. The molecular formula is C23H22O3. The van der Waals surface area contributed by atoms with Gasteiger partial charge in [0.2, 0.25) is 0 Å². The predicted molar refractivity (Wildman–Crippen MR) is 99.0 cm³/mol. The molecule has 3 fully saturated rings. The Morgan fingerprint density at radius 2 is 1.42 bits per heavy atom. The van der Waals surface area contributed by atoms with Gasteiger partial charge in [-0.2, -0.15) is 0 Å². The third-order valence-electron chi connectivity index (χ3n) is 6.26. The van der Waals surface area contributed by atoms with Crippen molar-refractivity contribution in [3.8, 4) is 0 Å². The maximum absolute atomic E-state index is 13.4. The second-order valence-corrected chi connectivity index (χ2v) is 7.91. The molecule has 0 unspecified atom stereocenters. The lowest BCUT2D eigenvalue weighted by molar-refractivity contribution is -0.139. The summed E-state index contributed by atoms with van der Waals surface area (Å²) in [5.74, 6) is -1.24. The lowest BCUT2D eigenvalue weighted by Crippen LogP contribution is -2.56. The summed E-state index contributed by atoms with van der Waals surface area (Å²) in [4.78, 5) is 39.4. The zero-order valence-electron chi connectivity index (χ0n) is 14.9. The topological polar surface area (TPSA) is 51.2 Å². The van der Waals surface area contributed by atoms with Gasteiger partial charge in [-0.25, -0.2) is 0 Å². The van der Waals surface area contributed by atoms with Crippen LogP contribution in [0.2, 0.25) is 0 Å². The summed E-state index contributed by atoms with van der Waals surface area (Å²) in [5, 5.41) is 0. The van der Waals surface area contributed by atoms with E-state index < -0.39 is 17.3 Å². The van der Waals surface area contributed by atoms with Crippen LogP contribution in [0.3, 0.4) is 0 Å². The highest BCUT2D eigenvalue weighted by atomic mass is 16.1. The standard InChI is InChI=1S/C23H22O3/c1-23-13-12-17(18(24)14-23)19(21(25)15-8-4-2-5-9-15)20(23)22(26)16-10-6-3-7-11-16/h2-11,17,19-20H,12-14H2,1H3/t17-,19-,20-,23-/m0/s1. The highest BCUT2D eigenvalue weighted by molar-refractivity contribution is 6.08. The summed E-state index contributed by atoms with van der Waals surface area (Å²) in [6, 6.07) is 18.2. The molecule has 3 heteroatoms. The minimum atomic E-state index is -0.551. The Balaban J connectivity index is 1.79. The van der Waals surface area contributed by atoms with Crippen LogP contribution in [0.4, 0.5) is 0 Å². The molecule has 0 heterocycles. The van der Waals surface area contributed by atoms with Crippen molar-refractivity contribution in [3.05, 3.63) is 71.8 Å². The average molecular weight is 346 g/mol. The molecule has 5 rings (SSSR count). The van der Waals surface area contributed by atoms with Crippen molar-refractivity contribution in [1.29, 1.82) is 0 Å². The van der Waals surface area contributed by atoms with E-state index in [-0.39, 0.29) is 23.3 Å². The number of Topliss-reactive ketones (excluding diaryl/α,β-unsaturated/α-hetero) is 3. The first-order chi connectivity index (χ1) is 12.5. The molecule has 0 aliphatic heterocycles. The molecule has 26 heavy (non-hydrogen) atoms. The smallest absolute Gasteiger partial charge is 0.167 e. The van der Waals surface area contributed by atoms with E-state index in [0.717, 1.165) is 6.42 Å². The van der Waals surface area contributed by atoms with Gasteiger partial charge >= 0.3 is 0 Å². The van der Waals surface area contributed by atoms with E-state index in [4.69, 9.17) is 0 Å². The molecule has 2 bridgehead atoms. The van der Waals surface area contributed by atoms with Gasteiger partial charge in [0.1, 0.15) is 5.78 Å². The van der Waals surface area contributed by atoms with E-state index in [1.54, 1.807) is 24.3 Å². The predicted octanol–water partition coefficient (Wildman–Crippen LogP) is 4.37. The fourth-order valence-electron chi connectivity index (χ4n) is 4.97. The van der Waals surface area contributed by atoms with Gasteiger partial charge in [-0.3, -0.25) is 14.4 Å². The molecule has 0 spiro atoms. The Hall–Kier alpha value is -2.55. The van der Waals surface area contributed by atoms with Crippen LogP contribution in [0.15, 0.2) is 60.7 Å². The zero-order chi connectivity index (χ0) is 18.3. The van der Waals surface area contributed by atoms with Crippen LogP contribution < -0.4 is 0 Å². The Labute approximate surface area is 153 Å². The fourth-order valence-corrected chi connectivity index (χ4v) is 4.97. The van der Waals surface area contributed by atoms with E-state index >= 15 is 0 Å². The fraction of sp³-hybridized carbons (Fsp3) is 0.348. The third-order valence-corrected chi connectivity index (χ3v) is 6.26. The van der Waals surface area contributed by atoms with Gasteiger partial charge in [0.25, 0.3) is 0 Å². The Kier molecular flexibility index (Phi) is 4.10. The molecule has 0 saturated heterocycles. The summed E-state index contributed by atoms with van der Waals surface area (Å²) in [6.07, 6.45) is 1.93. The van der Waals surface area contributed by atoms with Crippen molar-refractivity contribution in [3.63, 3.8) is 0 Å². The van der Waals surface area contributed by atoms with Crippen molar-refractivity contribution >= 4 is 17.3 Å². The number of fused-ring (bicyclic) bond motifs is 3. The van der Waals surface area contributed by atoms with Crippen molar-refractivity contribution in [2.75, 3.05) is 0 Å². The van der Waals surface area contributed by atoms with Crippen LogP contribution in [0.5, 0.6) is 0 Å². The molecule has 3 saturated carbocycles. The van der Waals surface area contributed by atoms with E-state index in [0.29, 0.717) is 24.0 Å². The van der Waals surface area contributed by atoms with Crippen molar-refractivity contribution in [2.24, 2.45) is 23.2 Å². The van der Waals surface area contributed by atoms with Gasteiger partial charge in [0.15, 0.2) is 11.6 Å². The third kappa shape index (κ3) is 2.63. The number of rotatable bonds is 4. The second kappa shape index (κ2) is 6.31. The van der Waals surface area contributed by atoms with Gasteiger partial charge in [0, 0.05) is 35.3 Å². The molecule has 2 aromatic rings. The normalized spacial score (nSPS) is 30.2. The molecule has 0 amide bonds. The summed E-state index contributed by atoms with van der Waals surface area (Å²) >= 11 is 0.